The number of hydrogen-bond donors (Lipinski definition) is 0. The molecular formula is C43H31IrN3-2. The fraction of sp³-hybridized carbons (Fsp3) is 0.0698. The molecule has 0 bridgehead atoms. The summed E-state index contributed by atoms with van der Waals surface area (Å²) in [5.74, 6) is 0. The van der Waals surface area contributed by atoms with Gasteiger partial charge in [-0.1, -0.05) is 80.6 Å². The number of nitrogens with zero attached hydrogens (tertiary/aromatic N) is 3. The number of fused-ring (bicyclic) bond motifs is 6. The Morgan fingerprint density at radius 3 is 1.96 bits per heavy atom. The second-order valence-corrected chi connectivity index (χ2v) is 12.1. The van der Waals surface area contributed by atoms with Crippen LogP contribution in [0.15, 0.2) is 152 Å². The molecule has 0 saturated heterocycles. The van der Waals surface area contributed by atoms with Crippen LogP contribution in [-0.2, 0) is 25.5 Å². The summed E-state index contributed by atoms with van der Waals surface area (Å²) in [5, 5.41) is 2.56. The van der Waals surface area contributed by atoms with Gasteiger partial charge in [0.15, 0.2) is 0 Å². The molecule has 3 aromatic heterocycles. The molecule has 1 aliphatic rings. The Labute approximate surface area is 289 Å². The molecule has 1 aliphatic carbocycles. The average Bonchev–Trinajstić information content (AvgIpc) is 3.57. The van der Waals surface area contributed by atoms with Crippen LogP contribution >= 0.6 is 0 Å². The minimum absolute atomic E-state index is 0. The van der Waals surface area contributed by atoms with Gasteiger partial charge in [-0.15, -0.1) is 65.7 Å². The van der Waals surface area contributed by atoms with Crippen molar-refractivity contribution in [3.63, 3.8) is 0 Å². The van der Waals surface area contributed by atoms with Crippen molar-refractivity contribution >= 4 is 21.8 Å². The normalized spacial score (nSPS) is 12.5. The van der Waals surface area contributed by atoms with E-state index in [1.165, 1.54) is 44.1 Å². The third-order valence-corrected chi connectivity index (χ3v) is 9.01. The van der Waals surface area contributed by atoms with Gasteiger partial charge in [0.05, 0.1) is 11.0 Å². The van der Waals surface area contributed by atoms with Crippen molar-refractivity contribution < 1.29 is 20.1 Å². The maximum Gasteiger partial charge on any atom is 0.0527 e. The van der Waals surface area contributed by atoms with E-state index in [1.54, 1.807) is 6.20 Å². The van der Waals surface area contributed by atoms with Crippen molar-refractivity contribution in [2.75, 3.05) is 0 Å². The first kappa shape index (κ1) is 30.5. The van der Waals surface area contributed by atoms with Gasteiger partial charge < -0.3 is 14.5 Å². The largest absolute Gasteiger partial charge is 0.327 e. The molecule has 0 aliphatic heterocycles. The molecule has 3 nitrogen and oxygen atoms in total. The Hall–Kier alpha value is -5.15. The van der Waals surface area contributed by atoms with E-state index in [2.05, 4.69) is 113 Å². The van der Waals surface area contributed by atoms with Crippen LogP contribution < -0.4 is 0 Å². The summed E-state index contributed by atoms with van der Waals surface area (Å²) in [6.07, 6.45) is 3.62. The molecule has 0 atom stereocenters. The molecule has 0 N–H and O–H groups in total. The van der Waals surface area contributed by atoms with E-state index in [0.29, 0.717) is 0 Å². The molecule has 0 fully saturated rings. The molecule has 229 valence electrons. The predicted octanol–water partition coefficient (Wildman–Crippen LogP) is 10.5. The van der Waals surface area contributed by atoms with Crippen molar-refractivity contribution in [2.24, 2.45) is 0 Å². The van der Waals surface area contributed by atoms with Crippen LogP contribution in [0.3, 0.4) is 0 Å². The summed E-state index contributed by atoms with van der Waals surface area (Å²) in [4.78, 5) is 8.76. The number of para-hydroxylation sites is 1. The SMILES string of the molecule is CC1(C)c2ccccc2-c2cc3c4ccccc4n(-c4cc[c-]c(-c5ccccn5)c4)c3cc21.[Ir].[c-]1ccccc1-c1ccccn1. The summed E-state index contributed by atoms with van der Waals surface area (Å²) < 4.78 is 2.39. The van der Waals surface area contributed by atoms with Crippen LogP contribution in [0.1, 0.15) is 25.0 Å². The monoisotopic (exact) mass is 782 g/mol. The topological polar surface area (TPSA) is 30.7 Å². The van der Waals surface area contributed by atoms with Crippen LogP contribution in [-0.4, -0.2) is 14.5 Å². The quantitative estimate of drug-likeness (QED) is 0.167. The van der Waals surface area contributed by atoms with Gasteiger partial charge >= 0.3 is 0 Å². The van der Waals surface area contributed by atoms with E-state index in [0.717, 1.165) is 28.2 Å². The van der Waals surface area contributed by atoms with Crippen LogP contribution in [0.25, 0.3) is 61.1 Å². The number of pyridine rings is 2. The molecule has 0 amide bonds. The maximum absolute atomic E-state index is 4.54. The Morgan fingerprint density at radius 1 is 0.532 bits per heavy atom. The van der Waals surface area contributed by atoms with Crippen molar-refractivity contribution in [3.8, 4) is 39.3 Å². The van der Waals surface area contributed by atoms with E-state index in [9.17, 15) is 0 Å². The van der Waals surface area contributed by atoms with E-state index in [-0.39, 0.29) is 25.5 Å². The summed E-state index contributed by atoms with van der Waals surface area (Å²) >= 11 is 0. The van der Waals surface area contributed by atoms with Gasteiger partial charge in [0, 0.05) is 48.7 Å². The van der Waals surface area contributed by atoms with Gasteiger partial charge in [0.25, 0.3) is 0 Å². The Kier molecular flexibility index (Phi) is 8.15. The Morgan fingerprint density at radius 2 is 1.21 bits per heavy atom. The predicted molar refractivity (Wildman–Crippen MR) is 189 cm³/mol. The maximum atomic E-state index is 4.54. The van der Waals surface area contributed by atoms with Crippen molar-refractivity contribution in [3.05, 3.63) is 175 Å². The summed E-state index contributed by atoms with van der Waals surface area (Å²) in [6.45, 7) is 4.68. The molecular weight excluding hydrogens is 751 g/mol. The molecule has 5 aromatic carbocycles. The van der Waals surface area contributed by atoms with E-state index in [4.69, 9.17) is 0 Å². The summed E-state index contributed by atoms with van der Waals surface area (Å²) in [5.41, 5.74) is 13.0. The van der Waals surface area contributed by atoms with E-state index < -0.39 is 0 Å². The van der Waals surface area contributed by atoms with E-state index in [1.807, 2.05) is 72.9 Å². The second-order valence-electron chi connectivity index (χ2n) is 12.1. The fourth-order valence-electron chi connectivity index (χ4n) is 6.78. The zero-order valence-electron chi connectivity index (χ0n) is 26.1. The molecule has 9 rings (SSSR count). The van der Waals surface area contributed by atoms with Crippen LogP contribution in [0.4, 0.5) is 0 Å². The number of hydrogen-bond acceptors (Lipinski definition) is 2. The third-order valence-electron chi connectivity index (χ3n) is 9.01. The van der Waals surface area contributed by atoms with Crippen molar-refractivity contribution in [1.29, 1.82) is 0 Å². The fourth-order valence-corrected chi connectivity index (χ4v) is 6.78. The Balaban J connectivity index is 0.000000228. The summed E-state index contributed by atoms with van der Waals surface area (Å²) in [6, 6.07) is 54.9. The molecule has 1 radical (unpaired) electrons. The standard InChI is InChI=1S/C32H23N2.C11H8N.Ir/c1-32(2)27-14-5-3-12-23(27)25-19-26-24-13-4-6-16-30(24)34(31(26)20-28(25)32)22-11-9-10-21(18-22)29-15-7-8-17-33-29;1-2-6-10(7-3-1)11-8-4-5-9-12-11;/h3-9,11-20H,1-2H3;1-6,8-9H;/q2*-1;. The number of aromatic nitrogens is 3. The molecule has 3 heterocycles. The van der Waals surface area contributed by atoms with Crippen LogP contribution in [0.2, 0.25) is 0 Å². The van der Waals surface area contributed by atoms with Gasteiger partial charge in [0.2, 0.25) is 0 Å². The van der Waals surface area contributed by atoms with Gasteiger partial charge in [-0.2, -0.15) is 0 Å². The molecule has 47 heavy (non-hydrogen) atoms. The minimum atomic E-state index is -0.0367. The van der Waals surface area contributed by atoms with Crippen LogP contribution in [0, 0.1) is 12.1 Å². The van der Waals surface area contributed by atoms with E-state index >= 15 is 0 Å². The minimum Gasteiger partial charge on any atom is -0.327 e. The van der Waals surface area contributed by atoms with Crippen molar-refractivity contribution in [2.45, 2.75) is 19.3 Å². The molecule has 0 spiro atoms. The number of rotatable bonds is 3. The Bertz CT molecular complexity index is 2290. The van der Waals surface area contributed by atoms with Crippen LogP contribution in [0.5, 0.6) is 0 Å². The molecule has 0 saturated carbocycles. The molecule has 0 unspecified atom stereocenters. The zero-order chi connectivity index (χ0) is 31.1. The third kappa shape index (κ3) is 5.40. The van der Waals surface area contributed by atoms with Crippen molar-refractivity contribution in [1.82, 2.24) is 14.5 Å². The average molecular weight is 782 g/mol. The smallest absolute Gasteiger partial charge is 0.0527 e. The first-order valence-corrected chi connectivity index (χ1v) is 15.6. The first-order chi connectivity index (χ1) is 22.6. The van der Waals surface area contributed by atoms with Gasteiger partial charge in [0.1, 0.15) is 0 Å². The molecule has 4 heteroatoms. The second kappa shape index (κ2) is 12.6. The van der Waals surface area contributed by atoms with Gasteiger partial charge in [-0.05, 0) is 69.7 Å². The van der Waals surface area contributed by atoms with Gasteiger partial charge in [-0.25, -0.2) is 0 Å². The van der Waals surface area contributed by atoms with Gasteiger partial charge in [-0.3, -0.25) is 0 Å². The molecule has 8 aromatic rings. The first-order valence-electron chi connectivity index (χ1n) is 15.6. The summed E-state index contributed by atoms with van der Waals surface area (Å²) in [7, 11) is 0. The zero-order valence-corrected chi connectivity index (χ0v) is 28.5. The number of benzene rings is 5.